The van der Waals surface area contributed by atoms with Gasteiger partial charge in [-0.1, -0.05) is 25.3 Å². The summed E-state index contributed by atoms with van der Waals surface area (Å²) in [4.78, 5) is 20.7. The third-order valence-electron chi connectivity index (χ3n) is 5.08. The molecule has 4 rings (SSSR count). The lowest BCUT2D eigenvalue weighted by Gasteiger charge is -2.18. The number of amides is 1. The van der Waals surface area contributed by atoms with Gasteiger partial charge >= 0.3 is 0 Å². The third-order valence-corrected chi connectivity index (χ3v) is 5.08. The van der Waals surface area contributed by atoms with Crippen LogP contribution in [0.25, 0.3) is 11.0 Å². The summed E-state index contributed by atoms with van der Waals surface area (Å²) in [7, 11) is 5.34. The number of imidazole rings is 1. The second kappa shape index (κ2) is 10.1. The van der Waals surface area contributed by atoms with Gasteiger partial charge in [-0.25, -0.2) is 4.98 Å². The number of nitrogens with zero attached hydrogens (tertiary/aromatic N) is 1. The van der Waals surface area contributed by atoms with Crippen molar-refractivity contribution in [1.82, 2.24) is 15.3 Å². The van der Waals surface area contributed by atoms with E-state index in [0.717, 1.165) is 22.5 Å². The number of rotatable bonds is 4. The molecule has 1 fully saturated rings. The summed E-state index contributed by atoms with van der Waals surface area (Å²) in [5.74, 6) is 2.12. The van der Waals surface area contributed by atoms with E-state index in [9.17, 15) is 4.79 Å². The van der Waals surface area contributed by atoms with Crippen LogP contribution >= 0.6 is 0 Å². The maximum Gasteiger partial charge on any atom is 0.255 e. The second-order valence-corrected chi connectivity index (χ2v) is 7.37. The first-order valence-corrected chi connectivity index (χ1v) is 10.2. The molecule has 3 N–H and O–H groups in total. The minimum Gasteiger partial charge on any atom is -0.497 e. The number of aromatic amines is 1. The predicted octanol–water partition coefficient (Wildman–Crippen LogP) is 4.71. The summed E-state index contributed by atoms with van der Waals surface area (Å²) in [6, 6.07) is 12.9. The maximum absolute atomic E-state index is 12.5. The van der Waals surface area contributed by atoms with Gasteiger partial charge in [-0.3, -0.25) is 4.79 Å². The van der Waals surface area contributed by atoms with E-state index in [2.05, 4.69) is 15.6 Å². The number of H-pyrrole nitrogens is 1. The molecule has 0 spiro atoms. The molecule has 6 heteroatoms. The molecule has 1 aromatic heterocycles. The highest BCUT2D eigenvalue weighted by Crippen LogP contribution is 2.32. The molecule has 29 heavy (non-hydrogen) atoms. The molecule has 0 saturated heterocycles. The molecule has 0 bridgehead atoms. The Morgan fingerprint density at radius 3 is 2.59 bits per heavy atom. The molecular weight excluding hydrogens is 364 g/mol. The summed E-state index contributed by atoms with van der Waals surface area (Å²) in [6.45, 7) is 0. The van der Waals surface area contributed by atoms with Crippen LogP contribution in [0.2, 0.25) is 0 Å². The Morgan fingerprint density at radius 1 is 1.10 bits per heavy atom. The zero-order chi connectivity index (χ0) is 20.6. The highest BCUT2D eigenvalue weighted by Gasteiger charge is 2.19. The van der Waals surface area contributed by atoms with Crippen LogP contribution < -0.4 is 15.4 Å². The predicted molar refractivity (Wildman–Crippen MR) is 118 cm³/mol. The zero-order valence-electron chi connectivity index (χ0n) is 17.4. The molecule has 3 aromatic rings. The van der Waals surface area contributed by atoms with Gasteiger partial charge in [0.25, 0.3) is 5.91 Å². The van der Waals surface area contributed by atoms with E-state index in [-0.39, 0.29) is 5.91 Å². The molecule has 1 aliphatic rings. The molecule has 0 radical (unpaired) electrons. The molecule has 6 nitrogen and oxygen atoms in total. The van der Waals surface area contributed by atoms with Gasteiger partial charge in [0.05, 0.1) is 18.1 Å². The molecule has 0 atom stereocenters. The van der Waals surface area contributed by atoms with Crippen molar-refractivity contribution < 1.29 is 9.53 Å². The Morgan fingerprint density at radius 2 is 1.86 bits per heavy atom. The normalized spacial score (nSPS) is 14.2. The minimum atomic E-state index is -0.161. The smallest absolute Gasteiger partial charge is 0.255 e. The van der Waals surface area contributed by atoms with E-state index in [1.54, 1.807) is 25.3 Å². The minimum absolute atomic E-state index is 0.161. The number of methoxy groups -OCH3 is 1. The molecule has 1 saturated carbocycles. The summed E-state index contributed by atoms with van der Waals surface area (Å²) in [5.41, 5.74) is 3.22. The van der Waals surface area contributed by atoms with Crippen molar-refractivity contribution >= 4 is 22.6 Å². The average molecular weight is 395 g/mol. The largest absolute Gasteiger partial charge is 0.497 e. The van der Waals surface area contributed by atoms with Crippen LogP contribution in [0.4, 0.5) is 5.69 Å². The first-order chi connectivity index (χ1) is 14.1. The van der Waals surface area contributed by atoms with Crippen molar-refractivity contribution in [3.8, 4) is 5.75 Å². The van der Waals surface area contributed by atoms with Crippen molar-refractivity contribution in [3.63, 3.8) is 0 Å². The van der Waals surface area contributed by atoms with Gasteiger partial charge in [-0.2, -0.15) is 0 Å². The first kappa shape index (κ1) is 20.9. The summed E-state index contributed by atoms with van der Waals surface area (Å²) >= 11 is 0. The van der Waals surface area contributed by atoms with E-state index in [1.807, 2.05) is 38.4 Å². The van der Waals surface area contributed by atoms with Crippen molar-refractivity contribution in [2.75, 3.05) is 26.5 Å². The Labute approximate surface area is 172 Å². The number of aromatic nitrogens is 2. The van der Waals surface area contributed by atoms with E-state index < -0.39 is 0 Å². The summed E-state index contributed by atoms with van der Waals surface area (Å²) in [6.07, 6.45) is 6.31. The number of fused-ring (bicyclic) bond motifs is 1. The third kappa shape index (κ3) is 5.35. The van der Waals surface area contributed by atoms with Crippen LogP contribution in [-0.2, 0) is 0 Å². The number of ether oxygens (including phenoxy) is 1. The van der Waals surface area contributed by atoms with Crippen LogP contribution in [0.3, 0.4) is 0 Å². The summed E-state index contributed by atoms with van der Waals surface area (Å²) in [5, 5.41) is 5.69. The number of carbonyl (C=O) groups excluding carboxylic acids is 1. The highest BCUT2D eigenvalue weighted by atomic mass is 16.5. The average Bonchev–Trinajstić information content (AvgIpc) is 3.18. The number of benzene rings is 2. The monoisotopic (exact) mass is 394 g/mol. The van der Waals surface area contributed by atoms with E-state index in [1.165, 1.54) is 32.1 Å². The maximum atomic E-state index is 12.5. The van der Waals surface area contributed by atoms with Gasteiger partial charge < -0.3 is 20.4 Å². The fraction of sp³-hybridized carbons (Fsp3) is 0.391. The second-order valence-electron chi connectivity index (χ2n) is 7.37. The van der Waals surface area contributed by atoms with Gasteiger partial charge in [0.2, 0.25) is 0 Å². The van der Waals surface area contributed by atoms with E-state index >= 15 is 0 Å². The van der Waals surface area contributed by atoms with E-state index in [0.29, 0.717) is 17.2 Å². The first-order valence-electron chi connectivity index (χ1n) is 10.2. The number of nitrogens with one attached hydrogen (secondary N) is 3. The van der Waals surface area contributed by atoms with Crippen molar-refractivity contribution in [2.24, 2.45) is 0 Å². The molecule has 2 aromatic carbocycles. The van der Waals surface area contributed by atoms with Crippen LogP contribution in [0.15, 0.2) is 42.5 Å². The molecule has 1 amide bonds. The lowest BCUT2D eigenvalue weighted by Crippen LogP contribution is -2.11. The van der Waals surface area contributed by atoms with Gasteiger partial charge in [0.15, 0.2) is 0 Å². The topological polar surface area (TPSA) is 79.0 Å². The Balaban J connectivity index is 0.000000755. The number of hydrogen-bond acceptors (Lipinski definition) is 4. The highest BCUT2D eigenvalue weighted by molar-refractivity contribution is 6.05. The number of hydrogen-bond donors (Lipinski definition) is 3. The van der Waals surface area contributed by atoms with Crippen molar-refractivity contribution in [1.29, 1.82) is 0 Å². The number of carbonyl (C=O) groups is 1. The molecule has 154 valence electrons. The van der Waals surface area contributed by atoms with Crippen LogP contribution in [0.5, 0.6) is 5.75 Å². The number of anilines is 1. The molecule has 0 aliphatic heterocycles. The lowest BCUT2D eigenvalue weighted by molar-refractivity contribution is 0.102. The fourth-order valence-electron chi connectivity index (χ4n) is 3.64. The zero-order valence-corrected chi connectivity index (χ0v) is 17.4. The SMILES string of the molecule is CNC.COc1cccc(C(=O)Nc2ccc3[nH]c(C4CCCCC4)nc3c2)c1. The Hall–Kier alpha value is -2.86. The fourth-order valence-corrected chi connectivity index (χ4v) is 3.64. The lowest BCUT2D eigenvalue weighted by atomic mass is 9.89. The molecule has 0 unspecified atom stereocenters. The van der Waals surface area contributed by atoms with Gasteiger partial charge in [-0.05, 0) is 63.3 Å². The van der Waals surface area contributed by atoms with Crippen molar-refractivity contribution in [2.45, 2.75) is 38.0 Å². The molecular formula is C23H30N4O2. The van der Waals surface area contributed by atoms with Gasteiger partial charge in [0.1, 0.15) is 11.6 Å². The van der Waals surface area contributed by atoms with Crippen LogP contribution in [0, 0.1) is 0 Å². The van der Waals surface area contributed by atoms with Gasteiger partial charge in [-0.15, -0.1) is 0 Å². The van der Waals surface area contributed by atoms with Crippen LogP contribution in [-0.4, -0.2) is 37.1 Å². The van der Waals surface area contributed by atoms with Gasteiger partial charge in [0, 0.05) is 17.2 Å². The van der Waals surface area contributed by atoms with E-state index in [4.69, 9.17) is 9.72 Å². The molecule has 1 heterocycles. The standard InChI is InChI=1S/C21H23N3O2.C2H7N/c1-26-17-9-5-8-15(12-17)21(25)22-16-10-11-18-19(13-16)24-20(23-18)14-6-3-2-4-7-14;1-3-2/h5,8-14H,2-4,6-7H2,1H3,(H,22,25)(H,23,24);3H,1-2H3. The molecule has 1 aliphatic carbocycles. The Kier molecular flexibility index (Phi) is 7.25. The van der Waals surface area contributed by atoms with Crippen LogP contribution in [0.1, 0.15) is 54.2 Å². The van der Waals surface area contributed by atoms with Crippen molar-refractivity contribution in [3.05, 3.63) is 53.9 Å². The Bertz CT molecular complexity index is 945. The summed E-state index contributed by atoms with van der Waals surface area (Å²) < 4.78 is 5.18. The quantitative estimate of drug-likeness (QED) is 0.599.